The molecule has 0 heterocycles. The maximum Gasteiger partial charge on any atom is 0.0987 e. The van der Waals surface area contributed by atoms with E-state index in [1.807, 2.05) is 0 Å². The smallest absolute Gasteiger partial charge is 0.0987 e. The Bertz CT molecular complexity index is 69.9. The standard InChI is InChI=1S/C6H15BrNO/c1-8(2,3)5-4-6-9-7/h4-6H2,1-3H3/q+1. The van der Waals surface area contributed by atoms with Crippen molar-refractivity contribution in [1.82, 2.24) is 0 Å². The first-order valence-corrected chi connectivity index (χ1v) is 3.75. The predicted octanol–water partition coefficient (Wildman–Crippen LogP) is 1.41. The topological polar surface area (TPSA) is 9.23 Å². The van der Waals surface area contributed by atoms with E-state index in [1.165, 1.54) is 0 Å². The molecule has 3 heteroatoms. The van der Waals surface area contributed by atoms with Gasteiger partial charge in [0.2, 0.25) is 0 Å². The molecule has 0 amide bonds. The van der Waals surface area contributed by atoms with Crippen LogP contribution in [-0.2, 0) is 3.83 Å². The largest absolute Gasteiger partial charge is 0.331 e. The summed E-state index contributed by atoms with van der Waals surface area (Å²) in [5.41, 5.74) is 0. The van der Waals surface area contributed by atoms with Gasteiger partial charge in [-0.05, 0) is 0 Å². The third-order valence-electron chi connectivity index (χ3n) is 1.05. The van der Waals surface area contributed by atoms with Gasteiger partial charge in [-0.25, -0.2) is 0 Å². The number of hydrogen-bond acceptors (Lipinski definition) is 1. The van der Waals surface area contributed by atoms with Crippen LogP contribution in [-0.4, -0.2) is 38.8 Å². The second-order valence-corrected chi connectivity index (χ2v) is 3.64. The first-order valence-electron chi connectivity index (χ1n) is 3.10. The van der Waals surface area contributed by atoms with Crippen LogP contribution in [0.3, 0.4) is 0 Å². The van der Waals surface area contributed by atoms with Crippen LogP contribution in [0.25, 0.3) is 0 Å². The molecular weight excluding hydrogens is 182 g/mol. The highest BCUT2D eigenvalue weighted by Gasteiger charge is 2.04. The maximum atomic E-state index is 4.74. The van der Waals surface area contributed by atoms with Gasteiger partial charge < -0.3 is 8.31 Å². The van der Waals surface area contributed by atoms with Crippen molar-refractivity contribution in [3.05, 3.63) is 0 Å². The van der Waals surface area contributed by atoms with Gasteiger partial charge in [-0.2, -0.15) is 0 Å². The van der Waals surface area contributed by atoms with E-state index >= 15 is 0 Å². The SMILES string of the molecule is C[N+](C)(C)CCCOBr. The molecule has 0 bridgehead atoms. The van der Waals surface area contributed by atoms with Gasteiger partial charge in [0.05, 0.1) is 50.6 Å². The molecule has 0 saturated carbocycles. The Kier molecular flexibility index (Phi) is 4.44. The molecule has 0 aliphatic rings. The van der Waals surface area contributed by atoms with Crippen LogP contribution >= 0.6 is 16.3 Å². The molecule has 0 atom stereocenters. The Morgan fingerprint density at radius 3 is 2.22 bits per heavy atom. The zero-order chi connectivity index (χ0) is 7.33. The van der Waals surface area contributed by atoms with Crippen molar-refractivity contribution in [2.75, 3.05) is 34.3 Å². The van der Waals surface area contributed by atoms with E-state index in [-0.39, 0.29) is 0 Å². The summed E-state index contributed by atoms with van der Waals surface area (Å²) >= 11 is 2.91. The Morgan fingerprint density at radius 1 is 1.33 bits per heavy atom. The van der Waals surface area contributed by atoms with Gasteiger partial charge in [0.15, 0.2) is 0 Å². The second-order valence-electron chi connectivity index (χ2n) is 3.18. The molecule has 0 aliphatic heterocycles. The minimum Gasteiger partial charge on any atom is -0.331 e. The fraction of sp³-hybridized carbons (Fsp3) is 1.00. The fourth-order valence-corrected chi connectivity index (χ4v) is 0.822. The second kappa shape index (κ2) is 4.25. The number of quaternary nitrogens is 1. The Hall–Kier alpha value is 0.400. The van der Waals surface area contributed by atoms with Crippen molar-refractivity contribution < 1.29 is 8.31 Å². The average Bonchev–Trinajstić information content (AvgIpc) is 1.63. The highest BCUT2D eigenvalue weighted by molar-refractivity contribution is 9.06. The van der Waals surface area contributed by atoms with E-state index < -0.39 is 0 Å². The van der Waals surface area contributed by atoms with Crippen molar-refractivity contribution in [3.63, 3.8) is 0 Å². The highest BCUT2D eigenvalue weighted by Crippen LogP contribution is 1.95. The van der Waals surface area contributed by atoms with Crippen molar-refractivity contribution >= 4 is 16.3 Å². The quantitative estimate of drug-likeness (QED) is 0.489. The lowest BCUT2D eigenvalue weighted by atomic mass is 10.4. The lowest BCUT2D eigenvalue weighted by Crippen LogP contribution is -2.35. The summed E-state index contributed by atoms with van der Waals surface area (Å²) in [6, 6.07) is 0. The molecule has 0 N–H and O–H groups in total. The van der Waals surface area contributed by atoms with Gasteiger partial charge in [-0.15, -0.1) is 0 Å². The van der Waals surface area contributed by atoms with Gasteiger partial charge >= 0.3 is 0 Å². The molecule has 0 saturated heterocycles. The number of rotatable bonds is 4. The summed E-state index contributed by atoms with van der Waals surface area (Å²) in [5, 5.41) is 0. The highest BCUT2D eigenvalue weighted by atomic mass is 79.9. The van der Waals surface area contributed by atoms with E-state index in [2.05, 4.69) is 37.4 Å². The zero-order valence-electron chi connectivity index (χ0n) is 6.35. The van der Waals surface area contributed by atoms with Crippen molar-refractivity contribution in [3.8, 4) is 0 Å². The van der Waals surface area contributed by atoms with Gasteiger partial charge in [0.25, 0.3) is 0 Å². The fourth-order valence-electron chi connectivity index (χ4n) is 0.593. The monoisotopic (exact) mass is 196 g/mol. The van der Waals surface area contributed by atoms with Gasteiger partial charge in [-0.1, -0.05) is 0 Å². The first-order chi connectivity index (χ1) is 4.06. The number of halogens is 1. The van der Waals surface area contributed by atoms with Crippen molar-refractivity contribution in [2.45, 2.75) is 6.42 Å². The molecule has 56 valence electrons. The lowest BCUT2D eigenvalue weighted by Gasteiger charge is -2.23. The van der Waals surface area contributed by atoms with Gasteiger partial charge in [-0.3, -0.25) is 0 Å². The number of nitrogens with zero attached hydrogens (tertiary/aromatic N) is 1. The molecule has 0 aromatic carbocycles. The number of hydrogen-bond donors (Lipinski definition) is 0. The zero-order valence-corrected chi connectivity index (χ0v) is 7.94. The van der Waals surface area contributed by atoms with E-state index in [4.69, 9.17) is 3.83 Å². The third-order valence-corrected chi connectivity index (χ3v) is 1.37. The Balaban J connectivity index is 3.07. The molecule has 0 aromatic heterocycles. The molecule has 0 aromatic rings. The minimum absolute atomic E-state index is 0.801. The molecule has 0 spiro atoms. The molecule has 0 radical (unpaired) electrons. The third kappa shape index (κ3) is 8.40. The van der Waals surface area contributed by atoms with E-state index in [0.717, 1.165) is 24.1 Å². The van der Waals surface area contributed by atoms with Gasteiger partial charge in [0.1, 0.15) is 0 Å². The maximum absolute atomic E-state index is 4.74. The van der Waals surface area contributed by atoms with Gasteiger partial charge in [0, 0.05) is 6.42 Å². The summed E-state index contributed by atoms with van der Waals surface area (Å²) < 4.78 is 5.75. The first kappa shape index (κ1) is 9.40. The van der Waals surface area contributed by atoms with E-state index in [0.29, 0.717) is 0 Å². The summed E-state index contributed by atoms with van der Waals surface area (Å²) in [5.74, 6) is 0. The molecule has 0 aliphatic carbocycles. The van der Waals surface area contributed by atoms with Crippen LogP contribution in [0.5, 0.6) is 0 Å². The summed E-state index contributed by atoms with van der Waals surface area (Å²) in [4.78, 5) is 0. The normalized spacial score (nSPS) is 12.0. The van der Waals surface area contributed by atoms with Crippen LogP contribution in [0.15, 0.2) is 0 Å². The van der Waals surface area contributed by atoms with Crippen molar-refractivity contribution in [2.24, 2.45) is 0 Å². The van der Waals surface area contributed by atoms with Crippen LogP contribution in [0.4, 0.5) is 0 Å². The molecular formula is C6H15BrNO+. The van der Waals surface area contributed by atoms with E-state index in [9.17, 15) is 0 Å². The average molecular weight is 197 g/mol. The Morgan fingerprint density at radius 2 is 1.89 bits per heavy atom. The predicted molar refractivity (Wildman–Crippen MR) is 42.4 cm³/mol. The van der Waals surface area contributed by atoms with Crippen LogP contribution in [0, 0.1) is 0 Å². The molecule has 0 rings (SSSR count). The minimum atomic E-state index is 0.801. The van der Waals surface area contributed by atoms with Crippen LogP contribution < -0.4 is 0 Å². The summed E-state index contributed by atoms with van der Waals surface area (Å²) in [7, 11) is 6.52. The van der Waals surface area contributed by atoms with E-state index in [1.54, 1.807) is 0 Å². The van der Waals surface area contributed by atoms with Crippen LogP contribution in [0.2, 0.25) is 0 Å². The summed E-state index contributed by atoms with van der Waals surface area (Å²) in [6.45, 7) is 1.96. The van der Waals surface area contributed by atoms with Crippen molar-refractivity contribution in [1.29, 1.82) is 0 Å². The lowest BCUT2D eigenvalue weighted by molar-refractivity contribution is -0.870. The molecule has 0 fully saturated rings. The van der Waals surface area contributed by atoms with Crippen LogP contribution in [0.1, 0.15) is 6.42 Å². The summed E-state index contributed by atoms with van der Waals surface area (Å²) in [6.07, 6.45) is 1.11. The molecule has 2 nitrogen and oxygen atoms in total. The molecule has 0 unspecified atom stereocenters. The molecule has 9 heavy (non-hydrogen) atoms. The Labute approximate surface area is 65.8 Å².